The van der Waals surface area contributed by atoms with E-state index in [2.05, 4.69) is 0 Å². The Morgan fingerprint density at radius 1 is 1.38 bits per heavy atom. The lowest BCUT2D eigenvalue weighted by Crippen LogP contribution is -2.50. The van der Waals surface area contributed by atoms with E-state index in [1.54, 1.807) is 11.9 Å². The van der Waals surface area contributed by atoms with Crippen LogP contribution in [-0.2, 0) is 0 Å². The minimum Gasteiger partial charge on any atom is -0.382 e. The summed E-state index contributed by atoms with van der Waals surface area (Å²) in [7, 11) is 1.62. The number of piperidine rings is 1. The summed E-state index contributed by atoms with van der Waals surface area (Å²) in [5.74, 6) is 0. The van der Waals surface area contributed by atoms with E-state index in [0.29, 0.717) is 13.0 Å². The Labute approximate surface area is 75.3 Å². The third kappa shape index (κ3) is 2.57. The van der Waals surface area contributed by atoms with Gasteiger partial charge in [0.25, 0.3) is 0 Å². The van der Waals surface area contributed by atoms with Crippen LogP contribution in [0.5, 0.6) is 0 Å². The molecule has 1 heterocycles. The second-order valence-electron chi connectivity index (χ2n) is 3.53. The minimum atomic E-state index is -4.49. The molecule has 0 aliphatic carbocycles. The van der Waals surface area contributed by atoms with Crippen molar-refractivity contribution < 1.29 is 18.3 Å². The SMILES string of the molecule is CN1CCCCC1[C@@H](O)C(F)(F)F. The van der Waals surface area contributed by atoms with Crippen LogP contribution in [0.1, 0.15) is 19.3 Å². The minimum absolute atomic E-state index is 0.428. The number of halogens is 3. The molecule has 0 spiro atoms. The second kappa shape index (κ2) is 3.84. The van der Waals surface area contributed by atoms with Crippen LogP contribution in [0.25, 0.3) is 0 Å². The highest BCUT2D eigenvalue weighted by atomic mass is 19.4. The maximum Gasteiger partial charge on any atom is 0.415 e. The fourth-order valence-electron chi connectivity index (χ4n) is 1.72. The lowest BCUT2D eigenvalue weighted by atomic mass is 9.98. The molecule has 1 aliphatic heterocycles. The molecule has 13 heavy (non-hydrogen) atoms. The average Bonchev–Trinajstić information content (AvgIpc) is 2.02. The second-order valence-corrected chi connectivity index (χ2v) is 3.53. The van der Waals surface area contributed by atoms with Crippen molar-refractivity contribution in [3.05, 3.63) is 0 Å². The predicted molar refractivity (Wildman–Crippen MR) is 42.3 cm³/mol. The van der Waals surface area contributed by atoms with Gasteiger partial charge in [-0.25, -0.2) is 0 Å². The van der Waals surface area contributed by atoms with Gasteiger partial charge in [-0.3, -0.25) is 0 Å². The smallest absolute Gasteiger partial charge is 0.382 e. The molecule has 78 valence electrons. The Hall–Kier alpha value is -0.290. The summed E-state index contributed by atoms with van der Waals surface area (Å²) in [4.78, 5) is 1.58. The molecule has 0 saturated carbocycles. The van der Waals surface area contributed by atoms with Crippen molar-refractivity contribution in [3.8, 4) is 0 Å². The largest absolute Gasteiger partial charge is 0.415 e. The molecule has 1 saturated heterocycles. The summed E-state index contributed by atoms with van der Waals surface area (Å²) in [5, 5.41) is 9.01. The van der Waals surface area contributed by atoms with Gasteiger partial charge in [0.1, 0.15) is 0 Å². The fraction of sp³-hybridized carbons (Fsp3) is 1.00. The van der Waals surface area contributed by atoms with Crippen molar-refractivity contribution in [1.29, 1.82) is 0 Å². The number of likely N-dealkylation sites (tertiary alicyclic amines) is 1. The van der Waals surface area contributed by atoms with Gasteiger partial charge in [0.05, 0.1) is 0 Å². The molecular formula is C8H14F3NO. The molecule has 0 aromatic carbocycles. The van der Waals surface area contributed by atoms with Gasteiger partial charge in [0.2, 0.25) is 0 Å². The maximum atomic E-state index is 12.1. The lowest BCUT2D eigenvalue weighted by molar-refractivity contribution is -0.223. The summed E-state index contributed by atoms with van der Waals surface area (Å²) >= 11 is 0. The highest BCUT2D eigenvalue weighted by Gasteiger charge is 2.45. The number of rotatable bonds is 1. The Morgan fingerprint density at radius 2 is 2.00 bits per heavy atom. The van der Waals surface area contributed by atoms with E-state index in [-0.39, 0.29) is 0 Å². The van der Waals surface area contributed by atoms with E-state index in [9.17, 15) is 13.2 Å². The van der Waals surface area contributed by atoms with Crippen molar-refractivity contribution in [1.82, 2.24) is 4.90 Å². The third-order valence-electron chi connectivity index (χ3n) is 2.53. The quantitative estimate of drug-likeness (QED) is 0.686. The van der Waals surface area contributed by atoms with Gasteiger partial charge in [-0.15, -0.1) is 0 Å². The highest BCUT2D eigenvalue weighted by molar-refractivity contribution is 4.84. The zero-order valence-corrected chi connectivity index (χ0v) is 7.51. The Balaban J connectivity index is 2.58. The molecule has 1 rings (SSSR count). The number of aliphatic hydroxyl groups is 1. The monoisotopic (exact) mass is 197 g/mol. The topological polar surface area (TPSA) is 23.5 Å². The van der Waals surface area contributed by atoms with Crippen molar-refractivity contribution in [2.24, 2.45) is 0 Å². The van der Waals surface area contributed by atoms with Crippen molar-refractivity contribution in [2.75, 3.05) is 13.6 Å². The first-order valence-electron chi connectivity index (χ1n) is 4.38. The molecule has 2 atom stereocenters. The lowest BCUT2D eigenvalue weighted by Gasteiger charge is -2.36. The number of aliphatic hydroxyl groups excluding tert-OH is 1. The molecule has 0 aromatic rings. The first-order chi connectivity index (χ1) is 5.93. The van der Waals surface area contributed by atoms with Crippen LogP contribution in [0.3, 0.4) is 0 Å². The number of hydrogen-bond acceptors (Lipinski definition) is 2. The number of likely N-dealkylation sites (N-methyl/N-ethyl adjacent to an activating group) is 1. The molecule has 0 aromatic heterocycles. The van der Waals surface area contributed by atoms with Crippen LogP contribution >= 0.6 is 0 Å². The van der Waals surface area contributed by atoms with Gasteiger partial charge >= 0.3 is 6.18 Å². The fourth-order valence-corrected chi connectivity index (χ4v) is 1.72. The van der Waals surface area contributed by atoms with Crippen LogP contribution in [-0.4, -0.2) is 41.9 Å². The van der Waals surface area contributed by atoms with Crippen molar-refractivity contribution in [2.45, 2.75) is 37.6 Å². The molecular weight excluding hydrogens is 183 g/mol. The molecule has 1 fully saturated rings. The first-order valence-corrected chi connectivity index (χ1v) is 4.38. The zero-order chi connectivity index (χ0) is 10.1. The van der Waals surface area contributed by atoms with E-state index in [1.165, 1.54) is 0 Å². The van der Waals surface area contributed by atoms with E-state index >= 15 is 0 Å². The standard InChI is InChI=1S/C8H14F3NO/c1-12-5-3-2-4-6(12)7(13)8(9,10)11/h6-7,13H,2-5H2,1H3/t6?,7-/m1/s1. The third-order valence-corrected chi connectivity index (χ3v) is 2.53. The van der Waals surface area contributed by atoms with Crippen LogP contribution in [0.2, 0.25) is 0 Å². The molecule has 5 heteroatoms. The summed E-state index contributed by atoms with van der Waals surface area (Å²) < 4.78 is 36.4. The van der Waals surface area contributed by atoms with Crippen LogP contribution in [0, 0.1) is 0 Å². The Kier molecular flexibility index (Phi) is 3.18. The maximum absolute atomic E-state index is 12.1. The summed E-state index contributed by atoms with van der Waals surface area (Å²) in [5.41, 5.74) is 0. The molecule has 1 aliphatic rings. The highest BCUT2D eigenvalue weighted by Crippen LogP contribution is 2.28. The van der Waals surface area contributed by atoms with E-state index in [0.717, 1.165) is 12.8 Å². The molecule has 0 bridgehead atoms. The van der Waals surface area contributed by atoms with E-state index in [1.807, 2.05) is 0 Å². The number of hydrogen-bond donors (Lipinski definition) is 1. The normalized spacial score (nSPS) is 28.8. The zero-order valence-electron chi connectivity index (χ0n) is 7.51. The Bertz CT molecular complexity index is 171. The van der Waals surface area contributed by atoms with E-state index < -0.39 is 18.3 Å². The van der Waals surface area contributed by atoms with Crippen LogP contribution in [0.15, 0.2) is 0 Å². The Morgan fingerprint density at radius 3 is 2.46 bits per heavy atom. The van der Waals surface area contributed by atoms with Gasteiger partial charge in [-0.2, -0.15) is 13.2 Å². The molecule has 2 nitrogen and oxygen atoms in total. The van der Waals surface area contributed by atoms with Crippen LogP contribution < -0.4 is 0 Å². The summed E-state index contributed by atoms with van der Waals surface area (Å²) in [6, 6.07) is -0.756. The molecule has 0 amide bonds. The van der Waals surface area contributed by atoms with Crippen LogP contribution in [0.4, 0.5) is 13.2 Å². The first kappa shape index (κ1) is 10.8. The van der Waals surface area contributed by atoms with Gasteiger partial charge < -0.3 is 10.0 Å². The predicted octanol–water partition coefficient (Wildman–Crippen LogP) is 1.39. The van der Waals surface area contributed by atoms with Gasteiger partial charge in [0.15, 0.2) is 6.10 Å². The molecule has 1 unspecified atom stereocenters. The van der Waals surface area contributed by atoms with Gasteiger partial charge in [0, 0.05) is 6.04 Å². The van der Waals surface area contributed by atoms with Crippen molar-refractivity contribution in [3.63, 3.8) is 0 Å². The van der Waals surface area contributed by atoms with Gasteiger partial charge in [-0.05, 0) is 26.4 Å². The summed E-state index contributed by atoms with van der Waals surface area (Å²) in [6.45, 7) is 0.637. The van der Waals surface area contributed by atoms with E-state index in [4.69, 9.17) is 5.11 Å². The van der Waals surface area contributed by atoms with Crippen molar-refractivity contribution >= 4 is 0 Å². The molecule has 1 N–H and O–H groups in total. The summed E-state index contributed by atoms with van der Waals surface area (Å²) in [6.07, 6.45) is -4.58. The van der Waals surface area contributed by atoms with Gasteiger partial charge in [-0.1, -0.05) is 6.42 Å². The molecule has 0 radical (unpaired) electrons. The number of nitrogens with zero attached hydrogens (tertiary/aromatic N) is 1. The average molecular weight is 197 g/mol. The number of alkyl halides is 3.